The fourth-order valence-corrected chi connectivity index (χ4v) is 6.41. The van der Waals surface area contributed by atoms with Crippen molar-refractivity contribution in [3.8, 4) is 5.75 Å². The molecule has 1 fully saturated rings. The van der Waals surface area contributed by atoms with Gasteiger partial charge in [0.15, 0.2) is 8.32 Å². The molecule has 1 aromatic rings. The lowest BCUT2D eigenvalue weighted by molar-refractivity contribution is -0.136. The van der Waals surface area contributed by atoms with E-state index in [1.165, 1.54) is 5.56 Å². The van der Waals surface area contributed by atoms with Crippen LogP contribution in [0, 0.1) is 23.2 Å². The van der Waals surface area contributed by atoms with Crippen LogP contribution in [0.25, 0.3) is 0 Å². The number of rotatable bonds is 8. The maximum absolute atomic E-state index is 13.7. The molecule has 2 bridgehead atoms. The van der Waals surface area contributed by atoms with Crippen molar-refractivity contribution in [1.82, 2.24) is 0 Å². The van der Waals surface area contributed by atoms with E-state index in [2.05, 4.69) is 64.7 Å². The predicted molar refractivity (Wildman–Crippen MR) is 117 cm³/mol. The van der Waals surface area contributed by atoms with Gasteiger partial charge in [0.05, 0.1) is 13.2 Å². The molecule has 0 heterocycles. The number of Topliss-reactive ketones (excluding diaryl/α,β-unsaturated/α-hetero) is 1. The lowest BCUT2D eigenvalue weighted by Gasteiger charge is -2.39. The third-order valence-corrected chi connectivity index (χ3v) is 7.75. The lowest BCUT2D eigenvalue weighted by atomic mass is 9.68. The van der Waals surface area contributed by atoms with Crippen molar-refractivity contribution < 1.29 is 14.0 Å². The number of carbonyl (C=O) groups is 1. The number of ether oxygens (including phenoxy) is 1. The van der Waals surface area contributed by atoms with Crippen LogP contribution in [0.1, 0.15) is 45.1 Å². The standard InChI is InChI=1S/C24H36O3Si/c1-16(19-9-12-21(26-4)13-10-19)22(27-28(5,6)7)17(2)23(25)24(3)15-18-8-11-20(24)14-18/h8-13,16-18,20,22H,14-15H2,1-7H3/t16-,17-,18+,20-,22+,24-/m0/s1. The molecular formula is C24H36O3Si. The quantitative estimate of drug-likeness (QED) is 0.407. The molecule has 1 saturated carbocycles. The molecule has 1 aromatic carbocycles. The molecule has 0 aromatic heterocycles. The van der Waals surface area contributed by atoms with E-state index in [-0.39, 0.29) is 23.4 Å². The fourth-order valence-electron chi connectivity index (χ4n) is 5.19. The van der Waals surface area contributed by atoms with Crippen LogP contribution in [0.15, 0.2) is 36.4 Å². The number of hydrogen-bond donors (Lipinski definition) is 0. The monoisotopic (exact) mass is 400 g/mol. The van der Waals surface area contributed by atoms with Gasteiger partial charge >= 0.3 is 0 Å². The number of hydrogen-bond acceptors (Lipinski definition) is 3. The molecule has 6 atom stereocenters. The van der Waals surface area contributed by atoms with Gasteiger partial charge in [0.25, 0.3) is 0 Å². The van der Waals surface area contributed by atoms with Crippen molar-refractivity contribution in [2.24, 2.45) is 23.2 Å². The zero-order valence-electron chi connectivity index (χ0n) is 18.5. The van der Waals surface area contributed by atoms with Gasteiger partial charge in [-0.1, -0.05) is 45.1 Å². The van der Waals surface area contributed by atoms with E-state index >= 15 is 0 Å². The van der Waals surface area contributed by atoms with Crippen LogP contribution in [0.3, 0.4) is 0 Å². The maximum atomic E-state index is 13.7. The molecule has 0 saturated heterocycles. The minimum Gasteiger partial charge on any atom is -0.497 e. The molecular weight excluding hydrogens is 364 g/mol. The summed E-state index contributed by atoms with van der Waals surface area (Å²) in [6.45, 7) is 13.1. The molecule has 0 aliphatic heterocycles. The fraction of sp³-hybridized carbons (Fsp3) is 0.625. The van der Waals surface area contributed by atoms with E-state index in [9.17, 15) is 4.79 Å². The summed E-state index contributed by atoms with van der Waals surface area (Å²) in [4.78, 5) is 13.7. The molecule has 0 N–H and O–H groups in total. The Hall–Kier alpha value is -1.39. The minimum absolute atomic E-state index is 0.104. The molecule has 2 aliphatic carbocycles. The number of allylic oxidation sites excluding steroid dienone is 2. The van der Waals surface area contributed by atoms with E-state index in [1.807, 2.05) is 12.1 Å². The molecule has 4 heteroatoms. The third kappa shape index (κ3) is 4.13. The summed E-state index contributed by atoms with van der Waals surface area (Å²) in [7, 11) is -0.132. The van der Waals surface area contributed by atoms with Crippen LogP contribution < -0.4 is 4.74 Å². The number of methoxy groups -OCH3 is 1. The van der Waals surface area contributed by atoms with Crippen LogP contribution in [0.5, 0.6) is 5.75 Å². The van der Waals surface area contributed by atoms with Gasteiger partial charge in [-0.05, 0) is 62.0 Å². The molecule has 28 heavy (non-hydrogen) atoms. The topological polar surface area (TPSA) is 35.5 Å². The Bertz CT molecular complexity index is 733. The zero-order valence-corrected chi connectivity index (χ0v) is 19.5. The number of ketones is 1. The summed E-state index contributed by atoms with van der Waals surface area (Å²) < 4.78 is 11.9. The molecule has 0 spiro atoms. The second-order valence-corrected chi connectivity index (χ2v) is 14.5. The van der Waals surface area contributed by atoms with Gasteiger partial charge in [-0.25, -0.2) is 0 Å². The second kappa shape index (κ2) is 7.79. The van der Waals surface area contributed by atoms with Gasteiger partial charge in [0.1, 0.15) is 11.5 Å². The van der Waals surface area contributed by atoms with Gasteiger partial charge in [0.2, 0.25) is 0 Å². The molecule has 0 amide bonds. The highest BCUT2D eigenvalue weighted by molar-refractivity contribution is 6.69. The van der Waals surface area contributed by atoms with Crippen molar-refractivity contribution in [2.75, 3.05) is 7.11 Å². The molecule has 2 aliphatic rings. The summed E-state index contributed by atoms with van der Waals surface area (Å²) >= 11 is 0. The summed E-state index contributed by atoms with van der Waals surface area (Å²) in [6.07, 6.45) is 6.61. The van der Waals surface area contributed by atoms with E-state index in [0.717, 1.165) is 18.6 Å². The highest BCUT2D eigenvalue weighted by Gasteiger charge is 2.52. The maximum Gasteiger partial charge on any atom is 0.184 e. The molecule has 0 radical (unpaired) electrons. The number of carbonyl (C=O) groups excluding carboxylic acids is 1. The first-order chi connectivity index (χ1) is 13.0. The van der Waals surface area contributed by atoms with Crippen molar-refractivity contribution in [2.45, 2.75) is 65.3 Å². The Balaban J connectivity index is 1.86. The normalized spacial score (nSPS) is 29.5. The van der Waals surface area contributed by atoms with Crippen LogP contribution in [0.2, 0.25) is 19.6 Å². The Kier molecular flexibility index (Phi) is 5.93. The summed E-state index contributed by atoms with van der Waals surface area (Å²) in [5.41, 5.74) is 0.959. The first kappa shape index (κ1) is 21.3. The molecule has 154 valence electrons. The second-order valence-electron chi connectivity index (χ2n) is 10.0. The number of benzene rings is 1. The minimum atomic E-state index is -1.81. The van der Waals surface area contributed by atoms with Crippen LogP contribution >= 0.6 is 0 Å². The van der Waals surface area contributed by atoms with Gasteiger partial charge in [0, 0.05) is 17.3 Å². The van der Waals surface area contributed by atoms with Crippen molar-refractivity contribution in [1.29, 1.82) is 0 Å². The first-order valence-corrected chi connectivity index (χ1v) is 14.0. The average Bonchev–Trinajstić information content (AvgIpc) is 3.25. The molecule has 0 unspecified atom stereocenters. The van der Waals surface area contributed by atoms with E-state index in [4.69, 9.17) is 9.16 Å². The lowest BCUT2D eigenvalue weighted by Crippen LogP contribution is -2.46. The Morgan fingerprint density at radius 1 is 1.14 bits per heavy atom. The summed E-state index contributed by atoms with van der Waals surface area (Å²) in [5, 5.41) is 0. The van der Waals surface area contributed by atoms with E-state index < -0.39 is 8.32 Å². The highest BCUT2D eigenvalue weighted by atomic mass is 28.4. The smallest absolute Gasteiger partial charge is 0.184 e. The van der Waals surface area contributed by atoms with Crippen molar-refractivity contribution in [3.63, 3.8) is 0 Å². The SMILES string of the molecule is COc1ccc([C@H](C)[C@@H](O[Si](C)(C)C)[C@H](C)C(=O)[C@@]2(C)C[C@@H]3C=C[C@H]2C3)cc1. The molecule has 3 rings (SSSR count). The Morgan fingerprint density at radius 3 is 2.25 bits per heavy atom. The highest BCUT2D eigenvalue weighted by Crippen LogP contribution is 2.54. The van der Waals surface area contributed by atoms with E-state index in [0.29, 0.717) is 17.6 Å². The average molecular weight is 401 g/mol. The zero-order chi connectivity index (χ0) is 20.7. The third-order valence-electron chi connectivity index (χ3n) is 6.77. The van der Waals surface area contributed by atoms with Gasteiger partial charge in [-0.15, -0.1) is 0 Å². The van der Waals surface area contributed by atoms with Crippen LogP contribution in [0.4, 0.5) is 0 Å². The van der Waals surface area contributed by atoms with Gasteiger partial charge in [-0.3, -0.25) is 4.79 Å². The Morgan fingerprint density at radius 2 is 1.79 bits per heavy atom. The number of fused-ring (bicyclic) bond motifs is 2. The van der Waals surface area contributed by atoms with E-state index in [1.54, 1.807) is 7.11 Å². The molecule has 3 nitrogen and oxygen atoms in total. The van der Waals surface area contributed by atoms with Crippen LogP contribution in [-0.2, 0) is 9.22 Å². The van der Waals surface area contributed by atoms with Crippen molar-refractivity contribution >= 4 is 14.1 Å². The van der Waals surface area contributed by atoms with Gasteiger partial charge < -0.3 is 9.16 Å². The van der Waals surface area contributed by atoms with Crippen LogP contribution in [-0.4, -0.2) is 27.3 Å². The summed E-state index contributed by atoms with van der Waals surface area (Å²) in [6, 6.07) is 8.18. The van der Waals surface area contributed by atoms with Crippen molar-refractivity contribution in [3.05, 3.63) is 42.0 Å². The predicted octanol–water partition coefficient (Wildman–Crippen LogP) is 5.83. The summed E-state index contributed by atoms with van der Waals surface area (Å²) in [5.74, 6) is 2.24. The first-order valence-electron chi connectivity index (χ1n) is 10.6. The Labute approximate surface area is 171 Å². The largest absolute Gasteiger partial charge is 0.497 e. The van der Waals surface area contributed by atoms with Gasteiger partial charge in [-0.2, -0.15) is 0 Å².